The van der Waals surface area contributed by atoms with Crippen LogP contribution in [0.5, 0.6) is 0 Å². The average molecular weight is 370 g/mol. The van der Waals surface area contributed by atoms with Crippen LogP contribution in [0.4, 0.5) is 4.39 Å². The van der Waals surface area contributed by atoms with E-state index in [-0.39, 0.29) is 11.9 Å². The van der Waals surface area contributed by atoms with Crippen LogP contribution in [0.1, 0.15) is 17.2 Å². The normalized spacial score (nSPS) is 21.0. The Balaban J connectivity index is 1.60. The van der Waals surface area contributed by atoms with Crippen LogP contribution in [-0.4, -0.2) is 26.0 Å². The molecule has 1 aliphatic heterocycles. The highest BCUT2D eigenvalue weighted by molar-refractivity contribution is 6.34. The number of hydrogen-bond acceptors (Lipinski definition) is 3. The van der Waals surface area contributed by atoms with Gasteiger partial charge < -0.3 is 14.8 Å². The Labute approximate surface area is 150 Å². The van der Waals surface area contributed by atoms with Gasteiger partial charge in [-0.05, 0) is 47.9 Å². The quantitative estimate of drug-likeness (QED) is 0.848. The Morgan fingerprint density at radius 1 is 1.12 bits per heavy atom. The first-order chi connectivity index (χ1) is 11.6. The third kappa shape index (κ3) is 4.68. The Hall–Kier alpha value is -1.17. The van der Waals surface area contributed by atoms with Crippen molar-refractivity contribution in [2.45, 2.75) is 18.8 Å². The molecule has 0 aromatic heterocycles. The molecule has 3 nitrogen and oxygen atoms in total. The van der Waals surface area contributed by atoms with Crippen molar-refractivity contribution in [1.82, 2.24) is 5.32 Å². The number of morpholine rings is 1. The lowest BCUT2D eigenvalue weighted by Crippen LogP contribution is -2.43. The number of ether oxygens (including phenoxy) is 2. The minimum absolute atomic E-state index is 0.123. The van der Waals surface area contributed by atoms with Crippen molar-refractivity contribution < 1.29 is 13.9 Å². The summed E-state index contributed by atoms with van der Waals surface area (Å²) < 4.78 is 24.7. The third-order valence-corrected chi connectivity index (χ3v) is 4.28. The predicted molar refractivity (Wildman–Crippen MR) is 93.0 cm³/mol. The van der Waals surface area contributed by atoms with Gasteiger partial charge in [-0.25, -0.2) is 4.39 Å². The van der Waals surface area contributed by atoms with Gasteiger partial charge in [-0.1, -0.05) is 35.3 Å². The highest BCUT2D eigenvalue weighted by atomic mass is 35.5. The molecule has 0 bridgehead atoms. The summed E-state index contributed by atoms with van der Waals surface area (Å²) in [4.78, 5) is 0. The zero-order valence-corrected chi connectivity index (χ0v) is 14.5. The molecule has 1 fully saturated rings. The van der Waals surface area contributed by atoms with E-state index in [0.29, 0.717) is 29.7 Å². The summed E-state index contributed by atoms with van der Waals surface area (Å²) in [5, 5.41) is 4.57. The van der Waals surface area contributed by atoms with Gasteiger partial charge in [-0.15, -0.1) is 0 Å². The second kappa shape index (κ2) is 8.28. The molecule has 1 saturated heterocycles. The van der Waals surface area contributed by atoms with Crippen LogP contribution in [0, 0.1) is 5.82 Å². The van der Waals surface area contributed by atoms with Crippen molar-refractivity contribution >= 4 is 23.2 Å². The maximum Gasteiger partial charge on any atom is 0.176 e. The molecule has 0 radical (unpaired) electrons. The predicted octanol–water partition coefficient (Wildman–Crippen LogP) is 4.38. The molecular formula is C18H18Cl2FNO2. The van der Waals surface area contributed by atoms with Gasteiger partial charge in [0.1, 0.15) is 5.82 Å². The monoisotopic (exact) mass is 369 g/mol. The van der Waals surface area contributed by atoms with Gasteiger partial charge in [-0.3, -0.25) is 0 Å². The van der Waals surface area contributed by atoms with Crippen LogP contribution in [0.15, 0.2) is 42.5 Å². The van der Waals surface area contributed by atoms with E-state index in [2.05, 4.69) is 5.32 Å². The van der Waals surface area contributed by atoms with Crippen molar-refractivity contribution in [3.05, 3.63) is 69.5 Å². The van der Waals surface area contributed by atoms with E-state index in [9.17, 15) is 4.39 Å². The molecule has 0 aliphatic carbocycles. The summed E-state index contributed by atoms with van der Waals surface area (Å²) in [6.45, 7) is 1.78. The first-order valence-corrected chi connectivity index (χ1v) is 8.54. The Bertz CT molecular complexity index is 661. The van der Waals surface area contributed by atoms with Crippen molar-refractivity contribution in [2.75, 3.05) is 19.8 Å². The number of halogens is 3. The fourth-order valence-corrected chi connectivity index (χ4v) is 3.29. The first kappa shape index (κ1) is 17.6. The van der Waals surface area contributed by atoms with Gasteiger partial charge in [0.2, 0.25) is 0 Å². The van der Waals surface area contributed by atoms with Gasteiger partial charge in [0.15, 0.2) is 6.29 Å². The number of benzene rings is 2. The minimum atomic E-state index is -0.418. The second-order valence-corrected chi connectivity index (χ2v) is 6.49. The summed E-state index contributed by atoms with van der Waals surface area (Å²) in [6, 6.07) is 11.7. The summed E-state index contributed by atoms with van der Waals surface area (Å²) >= 11 is 12.0. The van der Waals surface area contributed by atoms with Crippen molar-refractivity contribution in [2.24, 2.45) is 0 Å². The van der Waals surface area contributed by atoms with E-state index in [0.717, 1.165) is 17.7 Å². The number of hydrogen-bond donors (Lipinski definition) is 1. The summed E-state index contributed by atoms with van der Waals surface area (Å²) in [5.74, 6) is -0.259. The molecule has 2 atom stereocenters. The molecule has 6 heteroatoms. The van der Waals surface area contributed by atoms with E-state index >= 15 is 0 Å². The molecule has 1 N–H and O–H groups in total. The molecule has 0 amide bonds. The molecular weight excluding hydrogens is 352 g/mol. The summed E-state index contributed by atoms with van der Waals surface area (Å²) in [7, 11) is 0. The molecule has 0 spiro atoms. The van der Waals surface area contributed by atoms with Crippen LogP contribution >= 0.6 is 23.2 Å². The zero-order valence-electron chi connectivity index (χ0n) is 13.0. The molecule has 2 aromatic rings. The second-order valence-electron chi connectivity index (χ2n) is 5.62. The summed E-state index contributed by atoms with van der Waals surface area (Å²) in [5.41, 5.74) is 1.95. The fraction of sp³-hybridized carbons (Fsp3) is 0.333. The molecule has 24 heavy (non-hydrogen) atoms. The molecule has 0 saturated carbocycles. The highest BCUT2D eigenvalue weighted by Crippen LogP contribution is 2.24. The fourth-order valence-electron chi connectivity index (χ4n) is 2.72. The summed E-state index contributed by atoms with van der Waals surface area (Å²) in [6.07, 6.45) is 0.259. The lowest BCUT2D eigenvalue weighted by molar-refractivity contribution is -0.176. The van der Waals surface area contributed by atoms with E-state index in [1.165, 1.54) is 12.1 Å². The topological polar surface area (TPSA) is 30.5 Å². The van der Waals surface area contributed by atoms with E-state index in [4.69, 9.17) is 32.7 Å². The molecule has 1 heterocycles. The Morgan fingerprint density at radius 3 is 2.54 bits per heavy atom. The van der Waals surface area contributed by atoms with Gasteiger partial charge in [0.05, 0.1) is 19.3 Å². The van der Waals surface area contributed by atoms with Crippen molar-refractivity contribution in [3.63, 3.8) is 0 Å². The van der Waals surface area contributed by atoms with Crippen LogP contribution in [0.2, 0.25) is 10.0 Å². The van der Waals surface area contributed by atoms with E-state index in [1.807, 2.05) is 12.1 Å². The Kier molecular flexibility index (Phi) is 6.09. The van der Waals surface area contributed by atoms with E-state index in [1.54, 1.807) is 18.2 Å². The van der Waals surface area contributed by atoms with Gasteiger partial charge in [0.25, 0.3) is 0 Å². The van der Waals surface area contributed by atoms with Crippen molar-refractivity contribution in [3.8, 4) is 0 Å². The molecule has 0 unspecified atom stereocenters. The maximum atomic E-state index is 13.1. The zero-order chi connectivity index (χ0) is 16.9. The van der Waals surface area contributed by atoms with Crippen LogP contribution in [0.25, 0.3) is 0 Å². The molecule has 128 valence electrons. The average Bonchev–Trinajstić information content (AvgIpc) is 2.55. The number of nitrogens with one attached hydrogen (secondary N) is 1. The molecule has 2 aromatic carbocycles. The minimum Gasteiger partial charge on any atom is -0.350 e. The van der Waals surface area contributed by atoms with Crippen molar-refractivity contribution in [1.29, 1.82) is 0 Å². The third-order valence-electron chi connectivity index (χ3n) is 3.84. The molecule has 3 rings (SSSR count). The maximum absolute atomic E-state index is 13.1. The van der Waals surface area contributed by atoms with Gasteiger partial charge in [0, 0.05) is 16.6 Å². The molecule has 1 aliphatic rings. The smallest absolute Gasteiger partial charge is 0.176 e. The standard InChI is InChI=1S/C18H18Cl2FNO2/c19-14-9-12(10-15(20)11-14)5-7-23-18-17(22-6-8-24-18)13-1-3-16(21)4-2-13/h1-4,9-11,17-18,22H,5-8H2/t17-,18+/m0/s1. The lowest BCUT2D eigenvalue weighted by atomic mass is 10.1. The Morgan fingerprint density at radius 2 is 1.83 bits per heavy atom. The van der Waals surface area contributed by atoms with Crippen LogP contribution in [0.3, 0.4) is 0 Å². The highest BCUT2D eigenvalue weighted by Gasteiger charge is 2.27. The largest absolute Gasteiger partial charge is 0.350 e. The number of rotatable bonds is 5. The first-order valence-electron chi connectivity index (χ1n) is 7.79. The van der Waals surface area contributed by atoms with Crippen LogP contribution in [-0.2, 0) is 15.9 Å². The van der Waals surface area contributed by atoms with E-state index < -0.39 is 6.29 Å². The van der Waals surface area contributed by atoms with Gasteiger partial charge >= 0.3 is 0 Å². The SMILES string of the molecule is Fc1ccc([C@@H]2NCCO[C@H]2OCCc2cc(Cl)cc(Cl)c2)cc1. The van der Waals surface area contributed by atoms with Crippen LogP contribution < -0.4 is 5.32 Å². The lowest BCUT2D eigenvalue weighted by Gasteiger charge is -2.33. The van der Waals surface area contributed by atoms with Gasteiger partial charge in [-0.2, -0.15) is 0 Å².